The van der Waals surface area contributed by atoms with Crippen LogP contribution >= 0.6 is 0 Å². The summed E-state index contributed by atoms with van der Waals surface area (Å²) in [6.07, 6.45) is 0. The first-order chi connectivity index (χ1) is 13.6. The summed E-state index contributed by atoms with van der Waals surface area (Å²) in [7, 11) is 1.56. The first kappa shape index (κ1) is 19.0. The van der Waals surface area contributed by atoms with E-state index in [1.165, 1.54) is 0 Å². The fourth-order valence-corrected chi connectivity index (χ4v) is 2.76. The molecule has 0 aliphatic carbocycles. The number of ether oxygens (including phenoxy) is 2. The van der Waals surface area contributed by atoms with Crippen LogP contribution in [0.2, 0.25) is 0 Å². The van der Waals surface area contributed by atoms with Gasteiger partial charge >= 0.3 is 0 Å². The quantitative estimate of drug-likeness (QED) is 0.680. The summed E-state index contributed by atoms with van der Waals surface area (Å²) in [4.78, 5) is 12.7. The Morgan fingerprint density at radius 3 is 2.68 bits per heavy atom. The third kappa shape index (κ3) is 4.49. The van der Waals surface area contributed by atoms with Gasteiger partial charge in [0.1, 0.15) is 18.1 Å². The Kier molecular flexibility index (Phi) is 5.93. The van der Waals surface area contributed by atoms with E-state index in [1.54, 1.807) is 37.4 Å². The number of methoxy groups -OCH3 is 1. The highest BCUT2D eigenvalue weighted by Crippen LogP contribution is 2.26. The number of benzene rings is 3. The van der Waals surface area contributed by atoms with Gasteiger partial charge in [0, 0.05) is 11.1 Å². The second kappa shape index (κ2) is 8.74. The van der Waals surface area contributed by atoms with Crippen molar-refractivity contribution in [2.45, 2.75) is 13.5 Å². The third-order valence-corrected chi connectivity index (χ3v) is 4.23. The van der Waals surface area contributed by atoms with Gasteiger partial charge in [-0.1, -0.05) is 30.3 Å². The molecule has 0 spiro atoms. The summed E-state index contributed by atoms with van der Waals surface area (Å²) in [5.74, 6) is 0.892. The average Bonchev–Trinajstić information content (AvgIpc) is 2.73. The van der Waals surface area contributed by atoms with Gasteiger partial charge in [0.15, 0.2) is 0 Å². The van der Waals surface area contributed by atoms with Gasteiger partial charge in [-0.3, -0.25) is 4.79 Å². The van der Waals surface area contributed by atoms with E-state index in [2.05, 4.69) is 11.4 Å². The lowest BCUT2D eigenvalue weighted by atomic mass is 10.1. The van der Waals surface area contributed by atoms with Crippen molar-refractivity contribution in [1.82, 2.24) is 0 Å². The Hall–Kier alpha value is -3.78. The molecule has 0 aliphatic heterocycles. The van der Waals surface area contributed by atoms with Gasteiger partial charge in [0.2, 0.25) is 0 Å². The molecule has 140 valence electrons. The highest BCUT2D eigenvalue weighted by atomic mass is 16.5. The molecule has 5 nitrogen and oxygen atoms in total. The van der Waals surface area contributed by atoms with Crippen molar-refractivity contribution in [3.63, 3.8) is 0 Å². The Bertz CT molecular complexity index is 1040. The Morgan fingerprint density at radius 2 is 1.89 bits per heavy atom. The van der Waals surface area contributed by atoms with Crippen molar-refractivity contribution in [3.8, 4) is 17.6 Å². The molecule has 0 radical (unpaired) electrons. The van der Waals surface area contributed by atoms with Crippen molar-refractivity contribution in [2.75, 3.05) is 12.4 Å². The molecule has 0 saturated heterocycles. The predicted molar refractivity (Wildman–Crippen MR) is 108 cm³/mol. The normalized spacial score (nSPS) is 10.0. The number of rotatable bonds is 6. The maximum atomic E-state index is 12.7. The number of amides is 1. The number of nitrogens with one attached hydrogen (secondary N) is 1. The van der Waals surface area contributed by atoms with Crippen LogP contribution in [0.15, 0.2) is 66.7 Å². The third-order valence-electron chi connectivity index (χ3n) is 4.23. The second-order valence-electron chi connectivity index (χ2n) is 6.24. The molecule has 0 aromatic heterocycles. The molecule has 1 amide bonds. The van der Waals surface area contributed by atoms with Crippen LogP contribution in [-0.4, -0.2) is 13.0 Å². The zero-order chi connectivity index (χ0) is 19.9. The number of anilines is 1. The van der Waals surface area contributed by atoms with Gasteiger partial charge < -0.3 is 14.8 Å². The number of nitriles is 1. The molecule has 0 fully saturated rings. The number of carbonyl (C=O) groups is 1. The molecular formula is C23H20N2O3. The van der Waals surface area contributed by atoms with Crippen LogP contribution in [0.1, 0.15) is 27.0 Å². The first-order valence-corrected chi connectivity index (χ1v) is 8.77. The summed E-state index contributed by atoms with van der Waals surface area (Å²) in [6.45, 7) is 2.20. The fraction of sp³-hybridized carbons (Fsp3) is 0.130. The van der Waals surface area contributed by atoms with Crippen molar-refractivity contribution in [1.29, 1.82) is 5.26 Å². The van der Waals surface area contributed by atoms with Crippen molar-refractivity contribution >= 4 is 11.6 Å². The zero-order valence-corrected chi connectivity index (χ0v) is 15.7. The van der Waals surface area contributed by atoms with Gasteiger partial charge in [0.05, 0.1) is 24.4 Å². The molecule has 3 aromatic rings. The molecular weight excluding hydrogens is 352 g/mol. The molecule has 0 aliphatic rings. The van der Waals surface area contributed by atoms with E-state index >= 15 is 0 Å². The van der Waals surface area contributed by atoms with Crippen LogP contribution in [0, 0.1) is 18.3 Å². The van der Waals surface area contributed by atoms with Crippen LogP contribution in [0.3, 0.4) is 0 Å². The van der Waals surface area contributed by atoms with Crippen LogP contribution in [0.25, 0.3) is 0 Å². The van der Waals surface area contributed by atoms with E-state index in [0.29, 0.717) is 28.3 Å². The first-order valence-electron chi connectivity index (χ1n) is 8.77. The summed E-state index contributed by atoms with van der Waals surface area (Å²) in [5, 5.41) is 12.0. The topological polar surface area (TPSA) is 71.3 Å². The lowest BCUT2D eigenvalue weighted by molar-refractivity contribution is 0.102. The Morgan fingerprint density at radius 1 is 1.07 bits per heavy atom. The lowest BCUT2D eigenvalue weighted by Crippen LogP contribution is -2.13. The molecule has 0 heterocycles. The van der Waals surface area contributed by atoms with Crippen LogP contribution in [0.4, 0.5) is 5.69 Å². The Labute approximate surface area is 164 Å². The van der Waals surface area contributed by atoms with E-state index in [-0.39, 0.29) is 12.5 Å². The lowest BCUT2D eigenvalue weighted by Gasteiger charge is -2.12. The molecule has 5 heteroatoms. The molecule has 0 saturated carbocycles. The SMILES string of the molecule is COc1ccc(C)cc1NC(=O)c1cccc(OCc2ccccc2C#N)c1. The summed E-state index contributed by atoms with van der Waals surface area (Å²) in [5.41, 5.74) is 3.47. The fourth-order valence-electron chi connectivity index (χ4n) is 2.76. The van der Waals surface area contributed by atoms with Crippen LogP contribution in [-0.2, 0) is 6.61 Å². The number of hydrogen-bond donors (Lipinski definition) is 1. The molecule has 0 atom stereocenters. The zero-order valence-electron chi connectivity index (χ0n) is 15.7. The minimum absolute atomic E-state index is 0.251. The highest BCUT2D eigenvalue weighted by molar-refractivity contribution is 6.05. The monoisotopic (exact) mass is 372 g/mol. The van der Waals surface area contributed by atoms with E-state index in [4.69, 9.17) is 14.7 Å². The second-order valence-corrected chi connectivity index (χ2v) is 6.24. The summed E-state index contributed by atoms with van der Waals surface area (Å²) < 4.78 is 11.1. The van der Waals surface area contributed by atoms with Crippen LogP contribution < -0.4 is 14.8 Å². The van der Waals surface area contributed by atoms with Gasteiger partial charge in [-0.15, -0.1) is 0 Å². The summed E-state index contributed by atoms with van der Waals surface area (Å²) >= 11 is 0. The van der Waals surface area contributed by atoms with E-state index in [1.807, 2.05) is 43.3 Å². The highest BCUT2D eigenvalue weighted by Gasteiger charge is 2.11. The number of carbonyl (C=O) groups excluding carboxylic acids is 1. The van der Waals surface area contributed by atoms with Gasteiger partial charge in [-0.05, 0) is 48.9 Å². The molecule has 28 heavy (non-hydrogen) atoms. The minimum Gasteiger partial charge on any atom is -0.495 e. The Balaban J connectivity index is 1.73. The average molecular weight is 372 g/mol. The number of nitrogens with zero attached hydrogens (tertiary/aromatic N) is 1. The number of hydrogen-bond acceptors (Lipinski definition) is 4. The molecule has 0 bridgehead atoms. The van der Waals surface area contributed by atoms with Crippen molar-refractivity contribution in [2.24, 2.45) is 0 Å². The van der Waals surface area contributed by atoms with E-state index in [0.717, 1.165) is 11.1 Å². The summed E-state index contributed by atoms with van der Waals surface area (Å²) in [6, 6.07) is 21.9. The van der Waals surface area contributed by atoms with Crippen molar-refractivity contribution in [3.05, 3.63) is 89.0 Å². The minimum atomic E-state index is -0.258. The van der Waals surface area contributed by atoms with Crippen molar-refractivity contribution < 1.29 is 14.3 Å². The molecule has 1 N–H and O–H groups in total. The molecule has 0 unspecified atom stereocenters. The molecule has 3 aromatic carbocycles. The standard InChI is InChI=1S/C23H20N2O3/c1-16-10-11-22(27-2)21(12-16)25-23(26)17-8-5-9-20(13-17)28-15-19-7-4-3-6-18(19)14-24/h3-13H,15H2,1-2H3,(H,25,26). The maximum Gasteiger partial charge on any atom is 0.255 e. The number of aryl methyl sites for hydroxylation is 1. The van der Waals surface area contributed by atoms with E-state index in [9.17, 15) is 4.79 Å². The smallest absolute Gasteiger partial charge is 0.255 e. The van der Waals surface area contributed by atoms with Gasteiger partial charge in [-0.2, -0.15) is 5.26 Å². The largest absolute Gasteiger partial charge is 0.495 e. The molecule has 3 rings (SSSR count). The predicted octanol–water partition coefficient (Wildman–Crippen LogP) is 4.71. The van der Waals surface area contributed by atoms with E-state index < -0.39 is 0 Å². The van der Waals surface area contributed by atoms with Gasteiger partial charge in [-0.25, -0.2) is 0 Å². The maximum absolute atomic E-state index is 12.7. The van der Waals surface area contributed by atoms with Gasteiger partial charge in [0.25, 0.3) is 5.91 Å². The van der Waals surface area contributed by atoms with Crippen LogP contribution in [0.5, 0.6) is 11.5 Å².